The first-order valence-corrected chi connectivity index (χ1v) is 31.1. The van der Waals surface area contributed by atoms with Crippen molar-refractivity contribution in [2.75, 3.05) is 13.2 Å². The number of unbranched alkanes of at least 4 members (excludes halogenated alkanes) is 45. The standard InChI is InChI=1S/C63H121NO5/c1-3-5-7-9-11-13-15-17-18-26-30-33-37-41-45-49-53-57-63(68)69-58-54-50-46-42-38-34-31-28-25-23-21-19-20-22-24-27-29-32-36-40-44-48-52-56-62(67)64-60(59-65)61(66)55-51-47-43-39-35-16-14-12-10-8-6-4-2/h22,24,51,55,60-61,65-66H,3-21,23,25-50,52-54,56-59H2,1-2H3,(H,64,67)/b24-22-,55-51+. The third-order valence-electron chi connectivity index (χ3n) is 14.5. The van der Waals surface area contributed by atoms with Crippen molar-refractivity contribution in [1.29, 1.82) is 0 Å². The van der Waals surface area contributed by atoms with Gasteiger partial charge in [-0.05, 0) is 57.8 Å². The Labute approximate surface area is 431 Å². The molecule has 408 valence electrons. The van der Waals surface area contributed by atoms with Gasteiger partial charge in [-0.2, -0.15) is 0 Å². The van der Waals surface area contributed by atoms with Gasteiger partial charge in [0, 0.05) is 12.8 Å². The normalized spacial score (nSPS) is 12.7. The monoisotopic (exact) mass is 972 g/mol. The van der Waals surface area contributed by atoms with E-state index in [9.17, 15) is 19.8 Å². The van der Waals surface area contributed by atoms with Crippen LogP contribution in [0.1, 0.15) is 341 Å². The summed E-state index contributed by atoms with van der Waals surface area (Å²) in [6.07, 6.45) is 72.2. The molecule has 0 heterocycles. The van der Waals surface area contributed by atoms with Crippen LogP contribution in [-0.2, 0) is 14.3 Å². The minimum Gasteiger partial charge on any atom is -0.466 e. The van der Waals surface area contributed by atoms with Crippen LogP contribution in [0, 0.1) is 0 Å². The molecule has 0 fully saturated rings. The smallest absolute Gasteiger partial charge is 0.305 e. The highest BCUT2D eigenvalue weighted by Gasteiger charge is 2.18. The Hall–Kier alpha value is -1.66. The molecule has 6 heteroatoms. The Kier molecular flexibility index (Phi) is 57.5. The molecule has 0 spiro atoms. The van der Waals surface area contributed by atoms with Crippen molar-refractivity contribution in [3.8, 4) is 0 Å². The molecule has 6 nitrogen and oxygen atoms in total. The summed E-state index contributed by atoms with van der Waals surface area (Å²) in [4.78, 5) is 24.5. The number of carbonyl (C=O) groups excluding carboxylic acids is 2. The molecule has 69 heavy (non-hydrogen) atoms. The van der Waals surface area contributed by atoms with E-state index < -0.39 is 12.1 Å². The Balaban J connectivity index is 3.39. The van der Waals surface area contributed by atoms with Crippen molar-refractivity contribution in [1.82, 2.24) is 5.32 Å². The van der Waals surface area contributed by atoms with Gasteiger partial charge < -0.3 is 20.3 Å². The van der Waals surface area contributed by atoms with Crippen LogP contribution >= 0.6 is 0 Å². The predicted molar refractivity (Wildman–Crippen MR) is 301 cm³/mol. The highest BCUT2D eigenvalue weighted by molar-refractivity contribution is 5.76. The van der Waals surface area contributed by atoms with Gasteiger partial charge in [-0.3, -0.25) is 9.59 Å². The number of rotatable bonds is 58. The second-order valence-corrected chi connectivity index (χ2v) is 21.4. The summed E-state index contributed by atoms with van der Waals surface area (Å²) in [6, 6.07) is -0.631. The Bertz CT molecular complexity index is 1080. The van der Waals surface area contributed by atoms with Crippen LogP contribution in [0.4, 0.5) is 0 Å². The minimum atomic E-state index is -0.847. The maximum Gasteiger partial charge on any atom is 0.305 e. The van der Waals surface area contributed by atoms with Crippen LogP contribution in [0.25, 0.3) is 0 Å². The lowest BCUT2D eigenvalue weighted by molar-refractivity contribution is -0.143. The lowest BCUT2D eigenvalue weighted by Crippen LogP contribution is -2.45. The molecule has 1 amide bonds. The third-order valence-corrected chi connectivity index (χ3v) is 14.5. The maximum absolute atomic E-state index is 12.4. The highest BCUT2D eigenvalue weighted by Crippen LogP contribution is 2.17. The average Bonchev–Trinajstić information content (AvgIpc) is 3.35. The number of aliphatic hydroxyl groups excluding tert-OH is 2. The van der Waals surface area contributed by atoms with Gasteiger partial charge in [0.15, 0.2) is 0 Å². The molecule has 2 atom stereocenters. The summed E-state index contributed by atoms with van der Waals surface area (Å²) >= 11 is 0. The van der Waals surface area contributed by atoms with Gasteiger partial charge in [0.05, 0.1) is 25.4 Å². The summed E-state index contributed by atoms with van der Waals surface area (Å²) in [6.45, 7) is 4.91. The molecular weight excluding hydrogens is 851 g/mol. The molecule has 0 aromatic rings. The van der Waals surface area contributed by atoms with Crippen molar-refractivity contribution >= 4 is 11.9 Å². The van der Waals surface area contributed by atoms with Crippen LogP contribution in [0.2, 0.25) is 0 Å². The molecule has 0 aliphatic rings. The maximum atomic E-state index is 12.4. The van der Waals surface area contributed by atoms with E-state index in [4.69, 9.17) is 4.74 Å². The molecule has 0 bridgehead atoms. The quantitative estimate of drug-likeness (QED) is 0.0321. The largest absolute Gasteiger partial charge is 0.466 e. The molecule has 0 aliphatic heterocycles. The highest BCUT2D eigenvalue weighted by atomic mass is 16.5. The van der Waals surface area contributed by atoms with E-state index in [1.807, 2.05) is 6.08 Å². The van der Waals surface area contributed by atoms with E-state index in [0.717, 1.165) is 44.9 Å². The topological polar surface area (TPSA) is 95.9 Å². The Morgan fingerprint density at radius 1 is 0.391 bits per heavy atom. The Morgan fingerprint density at radius 2 is 0.681 bits per heavy atom. The predicted octanol–water partition coefficient (Wildman–Crippen LogP) is 19.4. The van der Waals surface area contributed by atoms with Gasteiger partial charge in [-0.15, -0.1) is 0 Å². The fourth-order valence-electron chi connectivity index (χ4n) is 9.69. The number of hydrogen-bond acceptors (Lipinski definition) is 5. The molecular formula is C63H121NO5. The summed E-state index contributed by atoms with van der Waals surface area (Å²) in [7, 11) is 0. The van der Waals surface area contributed by atoms with Gasteiger partial charge in [-0.25, -0.2) is 0 Å². The lowest BCUT2D eigenvalue weighted by Gasteiger charge is -2.20. The van der Waals surface area contributed by atoms with E-state index >= 15 is 0 Å². The zero-order valence-corrected chi connectivity index (χ0v) is 46.6. The molecule has 2 unspecified atom stereocenters. The van der Waals surface area contributed by atoms with Crippen LogP contribution < -0.4 is 5.32 Å². The van der Waals surface area contributed by atoms with Crippen molar-refractivity contribution in [3.63, 3.8) is 0 Å². The molecule has 0 aliphatic carbocycles. The van der Waals surface area contributed by atoms with Crippen molar-refractivity contribution in [2.45, 2.75) is 353 Å². The van der Waals surface area contributed by atoms with E-state index in [1.165, 1.54) is 270 Å². The SMILES string of the molecule is CCCCCCCCCCCC/C=C/C(O)C(CO)NC(=O)CCCCCCCCC/C=C\CCCCCCCCCCCCCCOC(=O)CCCCCCCCCCCCCCCCCCC. The minimum absolute atomic E-state index is 0.0151. The molecule has 0 aromatic heterocycles. The molecule has 0 saturated carbocycles. The number of esters is 1. The number of allylic oxidation sites excluding steroid dienone is 3. The van der Waals surface area contributed by atoms with Gasteiger partial charge in [0.2, 0.25) is 5.91 Å². The van der Waals surface area contributed by atoms with Gasteiger partial charge in [0.1, 0.15) is 0 Å². The number of amides is 1. The summed E-state index contributed by atoms with van der Waals surface area (Å²) in [5.74, 6) is -0.0590. The second kappa shape index (κ2) is 58.9. The summed E-state index contributed by atoms with van der Waals surface area (Å²) < 4.78 is 5.50. The van der Waals surface area contributed by atoms with Crippen LogP contribution in [-0.4, -0.2) is 47.4 Å². The van der Waals surface area contributed by atoms with Crippen molar-refractivity contribution in [3.05, 3.63) is 24.3 Å². The molecule has 0 rings (SSSR count). The lowest BCUT2D eigenvalue weighted by atomic mass is 10.0. The van der Waals surface area contributed by atoms with Crippen molar-refractivity contribution in [2.24, 2.45) is 0 Å². The first-order valence-electron chi connectivity index (χ1n) is 31.1. The number of ether oxygens (including phenoxy) is 1. The molecule has 0 radical (unpaired) electrons. The van der Waals surface area contributed by atoms with Crippen LogP contribution in [0.5, 0.6) is 0 Å². The summed E-state index contributed by atoms with van der Waals surface area (Å²) in [5.41, 5.74) is 0. The zero-order valence-electron chi connectivity index (χ0n) is 46.6. The van der Waals surface area contributed by atoms with Gasteiger partial charge in [0.25, 0.3) is 0 Å². The average molecular weight is 973 g/mol. The van der Waals surface area contributed by atoms with E-state index in [1.54, 1.807) is 6.08 Å². The first kappa shape index (κ1) is 67.3. The third kappa shape index (κ3) is 55.5. The Morgan fingerprint density at radius 3 is 1.03 bits per heavy atom. The van der Waals surface area contributed by atoms with E-state index in [-0.39, 0.29) is 18.5 Å². The van der Waals surface area contributed by atoms with E-state index in [0.29, 0.717) is 19.4 Å². The molecule has 0 saturated heterocycles. The van der Waals surface area contributed by atoms with E-state index in [2.05, 4.69) is 31.3 Å². The number of hydrogen-bond donors (Lipinski definition) is 3. The fraction of sp³-hybridized carbons (Fsp3) is 0.905. The number of nitrogens with one attached hydrogen (secondary N) is 1. The molecule has 3 N–H and O–H groups in total. The van der Waals surface area contributed by atoms with Crippen molar-refractivity contribution < 1.29 is 24.5 Å². The second-order valence-electron chi connectivity index (χ2n) is 21.4. The number of carbonyl (C=O) groups is 2. The van der Waals surface area contributed by atoms with Gasteiger partial charge >= 0.3 is 5.97 Å². The fourth-order valence-corrected chi connectivity index (χ4v) is 9.69. The van der Waals surface area contributed by atoms with Crippen LogP contribution in [0.3, 0.4) is 0 Å². The first-order chi connectivity index (χ1) is 34.0. The molecule has 0 aromatic carbocycles. The number of aliphatic hydroxyl groups is 2. The van der Waals surface area contributed by atoms with Gasteiger partial charge in [-0.1, -0.05) is 295 Å². The van der Waals surface area contributed by atoms with Crippen LogP contribution in [0.15, 0.2) is 24.3 Å². The summed E-state index contributed by atoms with van der Waals surface area (Å²) in [5, 5.41) is 23.0. The zero-order chi connectivity index (χ0) is 50.0.